The topological polar surface area (TPSA) is 126 Å². The summed E-state index contributed by atoms with van der Waals surface area (Å²) >= 11 is 8.28. The van der Waals surface area contributed by atoms with Crippen LogP contribution in [0.5, 0.6) is 0 Å². The van der Waals surface area contributed by atoms with Gasteiger partial charge in [-0.05, 0) is 62.6 Å². The normalized spacial score (nSPS) is 19.0. The van der Waals surface area contributed by atoms with Gasteiger partial charge >= 0.3 is 0 Å². The van der Waals surface area contributed by atoms with Gasteiger partial charge in [0.25, 0.3) is 0 Å². The quantitative estimate of drug-likeness (QED) is 0.323. The van der Waals surface area contributed by atoms with Crippen molar-refractivity contribution in [1.29, 1.82) is 0 Å². The summed E-state index contributed by atoms with van der Waals surface area (Å²) in [6, 6.07) is 6.73. The third kappa shape index (κ3) is 4.71. The summed E-state index contributed by atoms with van der Waals surface area (Å²) < 4.78 is 0. The summed E-state index contributed by atoms with van der Waals surface area (Å²) in [4.78, 5) is 28.4. The highest BCUT2D eigenvalue weighted by Crippen LogP contribution is 2.38. The molecular weight excluding hydrogens is 506 g/mol. The SMILES string of the molecule is CCc1[nH]c2nc(Sc3ccc4c(N5CCC(N)CC5)nc(C)nc4c3)nc(N3CCC(N)C3)c2c1Cl. The average molecular weight is 538 g/mol. The first-order valence-corrected chi connectivity index (χ1v) is 14.1. The maximum absolute atomic E-state index is 6.76. The second kappa shape index (κ2) is 9.90. The number of nitrogens with two attached hydrogens (primary N) is 2. The first-order valence-electron chi connectivity index (χ1n) is 12.9. The number of rotatable bonds is 5. The Morgan fingerprint density at radius 2 is 1.76 bits per heavy atom. The van der Waals surface area contributed by atoms with Gasteiger partial charge in [0.1, 0.15) is 23.1 Å². The lowest BCUT2D eigenvalue weighted by Gasteiger charge is -2.31. The Kier molecular flexibility index (Phi) is 6.60. The maximum Gasteiger partial charge on any atom is 0.196 e. The number of nitrogens with one attached hydrogen (secondary N) is 1. The minimum atomic E-state index is 0.137. The van der Waals surface area contributed by atoms with Gasteiger partial charge in [-0.3, -0.25) is 0 Å². The Morgan fingerprint density at radius 1 is 1.00 bits per heavy atom. The molecule has 1 aromatic carbocycles. The van der Waals surface area contributed by atoms with Crippen LogP contribution in [0.2, 0.25) is 5.02 Å². The molecule has 2 aliphatic heterocycles. The molecule has 6 rings (SSSR count). The fraction of sp³-hybridized carbons (Fsp3) is 0.462. The second-order valence-corrected chi connectivity index (χ2v) is 11.4. The molecule has 0 aliphatic carbocycles. The zero-order chi connectivity index (χ0) is 25.7. The fourth-order valence-corrected chi connectivity index (χ4v) is 6.44. The number of hydrogen-bond donors (Lipinski definition) is 3. The summed E-state index contributed by atoms with van der Waals surface area (Å²) in [5.74, 6) is 2.60. The van der Waals surface area contributed by atoms with Crippen molar-refractivity contribution in [2.75, 3.05) is 36.0 Å². The number of anilines is 2. The Hall–Kier alpha value is -2.66. The molecule has 9 nitrogen and oxygen atoms in total. The molecule has 0 bridgehead atoms. The highest BCUT2D eigenvalue weighted by Gasteiger charge is 2.26. The molecule has 1 atom stereocenters. The van der Waals surface area contributed by atoms with E-state index in [0.29, 0.717) is 10.2 Å². The van der Waals surface area contributed by atoms with Crippen molar-refractivity contribution in [1.82, 2.24) is 24.9 Å². The molecule has 0 spiro atoms. The van der Waals surface area contributed by atoms with E-state index >= 15 is 0 Å². The number of hydrogen-bond acceptors (Lipinski definition) is 9. The number of piperidine rings is 1. The number of aromatic nitrogens is 5. The molecule has 5 heterocycles. The minimum Gasteiger partial charge on any atom is -0.356 e. The van der Waals surface area contributed by atoms with E-state index in [2.05, 4.69) is 39.9 Å². The van der Waals surface area contributed by atoms with Crippen molar-refractivity contribution in [3.8, 4) is 0 Å². The van der Waals surface area contributed by atoms with E-state index in [1.807, 2.05) is 6.92 Å². The van der Waals surface area contributed by atoms with E-state index in [1.165, 1.54) is 11.8 Å². The molecule has 1 unspecified atom stereocenters. The smallest absolute Gasteiger partial charge is 0.196 e. The lowest BCUT2D eigenvalue weighted by Crippen LogP contribution is -2.40. The third-order valence-electron chi connectivity index (χ3n) is 7.31. The number of nitrogens with zero attached hydrogens (tertiary/aromatic N) is 6. The van der Waals surface area contributed by atoms with Crippen LogP contribution >= 0.6 is 23.4 Å². The number of H-pyrrole nitrogens is 1. The predicted octanol–water partition coefficient (Wildman–Crippen LogP) is 4.04. The monoisotopic (exact) mass is 537 g/mol. The Bertz CT molecular complexity index is 1460. The average Bonchev–Trinajstić information content (AvgIpc) is 3.46. The standard InChI is InChI=1S/C26H32ClN9S/c1-3-19-22(27)21-23(32-19)33-26(34-25(21)36-11-8-16(29)13-36)37-17-4-5-18-20(12-17)30-14(2)31-24(18)35-9-6-15(28)7-10-35/h4-5,12,15-16H,3,6-11,13,28-29H2,1-2H3,(H,32,33,34). The van der Waals surface area contributed by atoms with E-state index < -0.39 is 0 Å². The zero-order valence-electron chi connectivity index (χ0n) is 21.2. The van der Waals surface area contributed by atoms with Gasteiger partial charge in [-0.25, -0.2) is 19.9 Å². The van der Waals surface area contributed by atoms with Crippen molar-refractivity contribution >= 4 is 56.9 Å². The summed E-state index contributed by atoms with van der Waals surface area (Å²) in [5.41, 5.74) is 15.0. The van der Waals surface area contributed by atoms with Gasteiger partial charge in [0.15, 0.2) is 5.16 Å². The highest BCUT2D eigenvalue weighted by atomic mass is 35.5. The molecule has 37 heavy (non-hydrogen) atoms. The summed E-state index contributed by atoms with van der Waals surface area (Å²) in [7, 11) is 0. The Balaban J connectivity index is 1.37. The Labute approximate surface area is 225 Å². The van der Waals surface area contributed by atoms with Crippen LogP contribution in [-0.4, -0.2) is 63.2 Å². The van der Waals surface area contributed by atoms with E-state index in [4.69, 9.17) is 43.0 Å². The molecule has 5 N–H and O–H groups in total. The summed E-state index contributed by atoms with van der Waals surface area (Å²) in [6.45, 7) is 7.47. The number of halogens is 1. The number of fused-ring (bicyclic) bond motifs is 2. The number of aryl methyl sites for hydroxylation is 2. The van der Waals surface area contributed by atoms with Gasteiger partial charge in [0, 0.05) is 54.2 Å². The van der Waals surface area contributed by atoms with E-state index in [1.54, 1.807) is 0 Å². The minimum absolute atomic E-state index is 0.137. The maximum atomic E-state index is 6.76. The largest absolute Gasteiger partial charge is 0.356 e. The van der Waals surface area contributed by atoms with Crippen LogP contribution in [0.25, 0.3) is 21.9 Å². The first kappa shape index (κ1) is 24.7. The molecule has 2 fully saturated rings. The number of benzene rings is 1. The van der Waals surface area contributed by atoms with Gasteiger partial charge in [0.05, 0.1) is 15.9 Å². The van der Waals surface area contributed by atoms with Crippen LogP contribution in [0, 0.1) is 6.92 Å². The van der Waals surface area contributed by atoms with Crippen molar-refractivity contribution in [3.05, 3.63) is 34.7 Å². The van der Waals surface area contributed by atoms with E-state index in [9.17, 15) is 0 Å². The molecular formula is C26H32ClN9S. The van der Waals surface area contributed by atoms with Gasteiger partial charge in [-0.1, -0.05) is 18.5 Å². The van der Waals surface area contributed by atoms with Gasteiger partial charge in [0.2, 0.25) is 0 Å². The van der Waals surface area contributed by atoms with Crippen LogP contribution in [0.1, 0.15) is 37.7 Å². The third-order valence-corrected chi connectivity index (χ3v) is 8.58. The summed E-state index contributed by atoms with van der Waals surface area (Å²) in [5, 5.41) is 3.30. The fourth-order valence-electron chi connectivity index (χ4n) is 5.29. The first-order chi connectivity index (χ1) is 17.9. The lowest BCUT2D eigenvalue weighted by molar-refractivity contribution is 0.499. The molecule has 194 valence electrons. The van der Waals surface area contributed by atoms with Crippen molar-refractivity contribution in [3.63, 3.8) is 0 Å². The van der Waals surface area contributed by atoms with Gasteiger partial charge in [-0.15, -0.1) is 0 Å². The van der Waals surface area contributed by atoms with E-state index in [-0.39, 0.29) is 12.1 Å². The lowest BCUT2D eigenvalue weighted by atomic mass is 10.1. The molecule has 0 radical (unpaired) electrons. The molecule has 4 aromatic rings. The summed E-state index contributed by atoms with van der Waals surface area (Å²) in [6.07, 6.45) is 3.69. The Morgan fingerprint density at radius 3 is 2.49 bits per heavy atom. The molecule has 2 saturated heterocycles. The van der Waals surface area contributed by atoms with Crippen LogP contribution < -0.4 is 21.3 Å². The highest BCUT2D eigenvalue weighted by molar-refractivity contribution is 7.99. The second-order valence-electron chi connectivity index (χ2n) is 10.0. The molecule has 2 aliphatic rings. The van der Waals surface area contributed by atoms with Gasteiger partial charge in [-0.2, -0.15) is 0 Å². The van der Waals surface area contributed by atoms with E-state index in [0.717, 1.165) is 102 Å². The van der Waals surface area contributed by atoms with Crippen LogP contribution in [0.4, 0.5) is 11.6 Å². The molecule has 3 aromatic heterocycles. The molecule has 11 heteroatoms. The van der Waals surface area contributed by atoms with Crippen LogP contribution in [0.3, 0.4) is 0 Å². The molecule has 0 saturated carbocycles. The molecule has 0 amide bonds. The van der Waals surface area contributed by atoms with Crippen LogP contribution in [-0.2, 0) is 6.42 Å². The zero-order valence-corrected chi connectivity index (χ0v) is 22.7. The number of aromatic amines is 1. The van der Waals surface area contributed by atoms with Crippen molar-refractivity contribution in [2.45, 2.75) is 61.7 Å². The van der Waals surface area contributed by atoms with Crippen molar-refractivity contribution < 1.29 is 0 Å². The predicted molar refractivity (Wildman–Crippen MR) is 151 cm³/mol. The van der Waals surface area contributed by atoms with Crippen LogP contribution in [0.15, 0.2) is 28.3 Å². The van der Waals surface area contributed by atoms with Gasteiger partial charge < -0.3 is 26.3 Å². The van der Waals surface area contributed by atoms with Crippen molar-refractivity contribution in [2.24, 2.45) is 11.5 Å².